The van der Waals surface area contributed by atoms with Gasteiger partial charge in [0, 0.05) is 12.3 Å². The van der Waals surface area contributed by atoms with Crippen LogP contribution >= 0.6 is 23.3 Å². The van der Waals surface area contributed by atoms with Crippen LogP contribution in [0.4, 0.5) is 10.8 Å². The second kappa shape index (κ2) is 5.82. The summed E-state index contributed by atoms with van der Waals surface area (Å²) in [7, 11) is 1.32. The third-order valence-corrected chi connectivity index (χ3v) is 3.13. The first-order chi connectivity index (χ1) is 7.20. The van der Waals surface area contributed by atoms with Gasteiger partial charge in [0.05, 0.1) is 7.11 Å². The number of carbonyl (C=O) groups excluding carboxylic acids is 1. The fraction of sp³-hybridized carbons (Fsp3) is 0.500. The van der Waals surface area contributed by atoms with Crippen LogP contribution in [0.1, 0.15) is 10.4 Å². The van der Waals surface area contributed by atoms with Crippen molar-refractivity contribution in [1.82, 2.24) is 4.37 Å². The first kappa shape index (κ1) is 12.1. The van der Waals surface area contributed by atoms with E-state index in [2.05, 4.69) is 14.4 Å². The van der Waals surface area contributed by atoms with E-state index >= 15 is 0 Å². The molecule has 0 atom stereocenters. The molecule has 1 aromatic rings. The lowest BCUT2D eigenvalue weighted by molar-refractivity contribution is 0.0603. The fourth-order valence-electron chi connectivity index (χ4n) is 0.989. The Labute approximate surface area is 96.5 Å². The minimum atomic E-state index is -0.451. The van der Waals surface area contributed by atoms with Crippen molar-refractivity contribution >= 4 is 40.1 Å². The molecule has 0 radical (unpaired) electrons. The summed E-state index contributed by atoms with van der Waals surface area (Å²) in [5, 5.41) is 3.78. The number of aromatic nitrogens is 1. The fourth-order valence-corrected chi connectivity index (χ4v) is 2.02. The Morgan fingerprint density at radius 2 is 2.47 bits per heavy atom. The SMILES string of the molecule is COC(=O)c1c(N)nsc1NCCSC. The topological polar surface area (TPSA) is 77.2 Å². The molecular weight excluding hydrogens is 234 g/mol. The quantitative estimate of drug-likeness (QED) is 0.603. The summed E-state index contributed by atoms with van der Waals surface area (Å²) >= 11 is 2.90. The Hall–Kier alpha value is -0.950. The van der Waals surface area contributed by atoms with Gasteiger partial charge in [0.15, 0.2) is 5.82 Å². The van der Waals surface area contributed by atoms with Gasteiger partial charge in [-0.1, -0.05) is 0 Å². The smallest absolute Gasteiger partial charge is 0.344 e. The molecule has 5 nitrogen and oxygen atoms in total. The van der Waals surface area contributed by atoms with Gasteiger partial charge in [-0.05, 0) is 17.8 Å². The van der Waals surface area contributed by atoms with Crippen molar-refractivity contribution < 1.29 is 9.53 Å². The molecule has 1 rings (SSSR count). The monoisotopic (exact) mass is 247 g/mol. The highest BCUT2D eigenvalue weighted by Gasteiger charge is 2.19. The van der Waals surface area contributed by atoms with E-state index < -0.39 is 5.97 Å². The molecule has 84 valence electrons. The molecular formula is C8H13N3O2S2. The number of methoxy groups -OCH3 is 1. The molecule has 3 N–H and O–H groups in total. The number of carbonyl (C=O) groups is 1. The normalized spacial score (nSPS) is 10.0. The van der Waals surface area contributed by atoms with Crippen molar-refractivity contribution in [3.05, 3.63) is 5.56 Å². The highest BCUT2D eigenvalue weighted by Crippen LogP contribution is 2.27. The van der Waals surface area contributed by atoms with Gasteiger partial charge in [0.2, 0.25) is 0 Å². The third kappa shape index (κ3) is 3.00. The van der Waals surface area contributed by atoms with Gasteiger partial charge in [0.1, 0.15) is 10.6 Å². The highest BCUT2D eigenvalue weighted by molar-refractivity contribution is 7.98. The molecule has 0 amide bonds. The van der Waals surface area contributed by atoms with Crippen LogP contribution in [0.15, 0.2) is 0 Å². The molecule has 0 unspecified atom stereocenters. The van der Waals surface area contributed by atoms with E-state index in [-0.39, 0.29) is 5.82 Å². The Kier molecular flexibility index (Phi) is 4.70. The van der Waals surface area contributed by atoms with Gasteiger partial charge in [0.25, 0.3) is 0 Å². The van der Waals surface area contributed by atoms with Crippen molar-refractivity contribution in [2.75, 3.05) is 36.7 Å². The molecule has 15 heavy (non-hydrogen) atoms. The number of rotatable bonds is 5. The first-order valence-corrected chi connectivity index (χ1v) is 6.43. The second-order valence-electron chi connectivity index (χ2n) is 2.68. The van der Waals surface area contributed by atoms with Gasteiger partial charge in [-0.2, -0.15) is 16.1 Å². The molecule has 1 aromatic heterocycles. The molecule has 0 aliphatic rings. The zero-order valence-corrected chi connectivity index (χ0v) is 10.2. The van der Waals surface area contributed by atoms with E-state index in [1.807, 2.05) is 6.26 Å². The lowest BCUT2D eigenvalue weighted by Crippen LogP contribution is -2.09. The largest absolute Gasteiger partial charge is 0.465 e. The van der Waals surface area contributed by atoms with Gasteiger partial charge in [-0.25, -0.2) is 4.79 Å². The van der Waals surface area contributed by atoms with Crippen LogP contribution in [-0.2, 0) is 4.74 Å². The number of thioether (sulfide) groups is 1. The molecule has 0 spiro atoms. The molecule has 7 heteroatoms. The molecule has 0 aromatic carbocycles. The van der Waals surface area contributed by atoms with Crippen molar-refractivity contribution in [3.63, 3.8) is 0 Å². The maximum Gasteiger partial charge on any atom is 0.344 e. The number of nitrogens with one attached hydrogen (secondary N) is 1. The van der Waals surface area contributed by atoms with E-state index in [4.69, 9.17) is 5.73 Å². The summed E-state index contributed by atoms with van der Waals surface area (Å²) < 4.78 is 8.54. The maximum atomic E-state index is 11.4. The number of nitrogen functional groups attached to an aromatic ring is 1. The van der Waals surface area contributed by atoms with E-state index in [1.165, 1.54) is 18.6 Å². The molecule has 0 saturated heterocycles. The van der Waals surface area contributed by atoms with E-state index in [0.29, 0.717) is 10.6 Å². The number of nitrogens with two attached hydrogens (primary N) is 1. The molecule has 0 bridgehead atoms. The van der Waals surface area contributed by atoms with Crippen LogP contribution in [0.5, 0.6) is 0 Å². The van der Waals surface area contributed by atoms with Crippen molar-refractivity contribution in [1.29, 1.82) is 0 Å². The molecule has 0 saturated carbocycles. The number of nitrogens with zero attached hydrogens (tertiary/aromatic N) is 1. The Bertz CT molecular complexity index is 341. The molecule has 0 fully saturated rings. The van der Waals surface area contributed by atoms with Crippen molar-refractivity contribution in [2.45, 2.75) is 0 Å². The zero-order chi connectivity index (χ0) is 11.3. The Morgan fingerprint density at radius 1 is 1.73 bits per heavy atom. The first-order valence-electron chi connectivity index (χ1n) is 4.27. The summed E-state index contributed by atoms with van der Waals surface area (Å²) in [5.74, 6) is 0.727. The van der Waals surface area contributed by atoms with E-state index in [9.17, 15) is 4.79 Å². The second-order valence-corrected chi connectivity index (χ2v) is 4.44. The van der Waals surface area contributed by atoms with Crippen molar-refractivity contribution in [3.8, 4) is 0 Å². The van der Waals surface area contributed by atoms with Crippen molar-refractivity contribution in [2.24, 2.45) is 0 Å². The molecule has 0 aliphatic heterocycles. The number of hydrogen-bond donors (Lipinski definition) is 2. The van der Waals surface area contributed by atoms with Crippen LogP contribution in [-0.4, -0.2) is 36.0 Å². The van der Waals surface area contributed by atoms with Crippen LogP contribution < -0.4 is 11.1 Å². The number of anilines is 2. The summed E-state index contributed by atoms with van der Waals surface area (Å²) in [4.78, 5) is 11.4. The summed E-state index contributed by atoms with van der Waals surface area (Å²) in [6, 6.07) is 0. The van der Waals surface area contributed by atoms with Crippen LogP contribution in [0, 0.1) is 0 Å². The Balaban J connectivity index is 2.75. The van der Waals surface area contributed by atoms with E-state index in [1.54, 1.807) is 11.8 Å². The van der Waals surface area contributed by atoms with Crippen LogP contribution in [0.3, 0.4) is 0 Å². The number of hydrogen-bond acceptors (Lipinski definition) is 7. The van der Waals surface area contributed by atoms with Gasteiger partial charge in [-0.15, -0.1) is 0 Å². The average molecular weight is 247 g/mol. The minimum absolute atomic E-state index is 0.221. The predicted molar refractivity (Wildman–Crippen MR) is 64.7 cm³/mol. The van der Waals surface area contributed by atoms with Gasteiger partial charge in [-0.3, -0.25) is 0 Å². The maximum absolute atomic E-state index is 11.4. The molecule has 0 aliphatic carbocycles. The van der Waals surface area contributed by atoms with E-state index in [0.717, 1.165) is 12.3 Å². The Morgan fingerprint density at radius 3 is 3.07 bits per heavy atom. The predicted octanol–water partition coefficient (Wildman–Crippen LogP) is 1.29. The standard InChI is InChI=1S/C8H13N3O2S2/c1-13-8(12)5-6(9)11-15-7(5)10-3-4-14-2/h10H,3-4H2,1-2H3,(H2,9,11). The zero-order valence-electron chi connectivity index (χ0n) is 8.57. The summed E-state index contributed by atoms with van der Waals surface area (Å²) in [6.07, 6.45) is 2.02. The lowest BCUT2D eigenvalue weighted by Gasteiger charge is -2.04. The highest BCUT2D eigenvalue weighted by atomic mass is 32.2. The van der Waals surface area contributed by atoms with Gasteiger partial charge < -0.3 is 15.8 Å². The average Bonchev–Trinajstić information content (AvgIpc) is 2.59. The van der Waals surface area contributed by atoms with Crippen LogP contribution in [0.25, 0.3) is 0 Å². The lowest BCUT2D eigenvalue weighted by atomic mass is 10.3. The number of ether oxygens (including phenoxy) is 1. The minimum Gasteiger partial charge on any atom is -0.465 e. The summed E-state index contributed by atoms with van der Waals surface area (Å²) in [5.41, 5.74) is 5.91. The third-order valence-electron chi connectivity index (χ3n) is 1.70. The summed E-state index contributed by atoms with van der Waals surface area (Å²) in [6.45, 7) is 0.771. The number of esters is 1. The molecule has 1 heterocycles. The van der Waals surface area contributed by atoms with Gasteiger partial charge >= 0.3 is 5.97 Å². The van der Waals surface area contributed by atoms with Crippen LogP contribution in [0.2, 0.25) is 0 Å².